The average molecular weight is 251 g/mol. The van der Waals surface area contributed by atoms with Crippen molar-refractivity contribution in [3.05, 3.63) is 45.7 Å². The van der Waals surface area contributed by atoms with Crippen molar-refractivity contribution in [2.75, 3.05) is 7.05 Å². The van der Waals surface area contributed by atoms with Crippen LogP contribution in [0.1, 0.15) is 28.5 Å². The van der Waals surface area contributed by atoms with Gasteiger partial charge in [0.2, 0.25) is 0 Å². The molecule has 0 radical (unpaired) electrons. The van der Waals surface area contributed by atoms with Crippen LogP contribution in [0.15, 0.2) is 24.3 Å². The Labute approximate surface area is 104 Å². The largest absolute Gasteiger partial charge is 0.311 e. The maximum atomic E-state index is 12.7. The average Bonchev–Trinajstić information content (AvgIpc) is 2.80. The van der Waals surface area contributed by atoms with E-state index in [1.54, 1.807) is 23.5 Å². The molecule has 0 bridgehead atoms. The summed E-state index contributed by atoms with van der Waals surface area (Å²) < 4.78 is 12.7. The van der Waals surface area contributed by atoms with E-state index in [0.29, 0.717) is 6.42 Å². The van der Waals surface area contributed by atoms with Gasteiger partial charge in [-0.3, -0.25) is 0 Å². The Morgan fingerprint density at radius 2 is 2.00 bits per heavy atom. The van der Waals surface area contributed by atoms with E-state index in [2.05, 4.69) is 15.5 Å². The highest BCUT2D eigenvalue weighted by molar-refractivity contribution is 7.11. The predicted molar refractivity (Wildman–Crippen MR) is 66.6 cm³/mol. The Kier molecular flexibility index (Phi) is 3.81. The molecule has 3 nitrogen and oxygen atoms in total. The van der Waals surface area contributed by atoms with Crippen LogP contribution in [0.25, 0.3) is 0 Å². The minimum atomic E-state index is -0.212. The molecule has 5 heteroatoms. The van der Waals surface area contributed by atoms with Crippen LogP contribution >= 0.6 is 11.3 Å². The lowest BCUT2D eigenvalue weighted by Crippen LogP contribution is -2.11. The Hall–Kier alpha value is -1.33. The topological polar surface area (TPSA) is 37.8 Å². The summed E-state index contributed by atoms with van der Waals surface area (Å²) in [7, 11) is 1.89. The highest BCUT2D eigenvalue weighted by Crippen LogP contribution is 2.19. The number of hydrogen-bond donors (Lipinski definition) is 1. The zero-order chi connectivity index (χ0) is 12.3. The first kappa shape index (κ1) is 12.1. The summed E-state index contributed by atoms with van der Waals surface area (Å²) in [6.07, 6.45) is 0.703. The van der Waals surface area contributed by atoms with Gasteiger partial charge in [0.15, 0.2) is 0 Å². The van der Waals surface area contributed by atoms with Crippen LogP contribution < -0.4 is 5.32 Å². The molecular formula is C12H14FN3S. The molecular weight excluding hydrogens is 237 g/mol. The molecule has 1 N–H and O–H groups in total. The number of rotatable bonds is 4. The molecule has 90 valence electrons. The van der Waals surface area contributed by atoms with Crippen LogP contribution in [-0.2, 0) is 6.42 Å². The van der Waals surface area contributed by atoms with Crippen molar-refractivity contribution in [1.82, 2.24) is 15.5 Å². The van der Waals surface area contributed by atoms with Gasteiger partial charge in [-0.15, -0.1) is 10.2 Å². The monoisotopic (exact) mass is 251 g/mol. The third kappa shape index (κ3) is 3.08. The number of nitrogens with one attached hydrogen (secondary N) is 1. The first-order valence-corrected chi connectivity index (χ1v) is 6.24. The first-order valence-electron chi connectivity index (χ1n) is 5.43. The Bertz CT molecular complexity index is 481. The molecule has 2 rings (SSSR count). The molecule has 0 amide bonds. The zero-order valence-electron chi connectivity index (χ0n) is 9.77. The van der Waals surface area contributed by atoms with Gasteiger partial charge in [0.25, 0.3) is 0 Å². The third-order valence-electron chi connectivity index (χ3n) is 2.55. The molecule has 0 spiro atoms. The number of aromatic nitrogens is 2. The SMILES string of the molecule is CNC(C)c1nnc(Cc2ccc(F)cc2)s1. The van der Waals surface area contributed by atoms with Gasteiger partial charge in [0.05, 0.1) is 6.04 Å². The fraction of sp³-hybridized carbons (Fsp3) is 0.333. The van der Waals surface area contributed by atoms with Gasteiger partial charge in [-0.25, -0.2) is 4.39 Å². The smallest absolute Gasteiger partial charge is 0.134 e. The lowest BCUT2D eigenvalue weighted by Gasteiger charge is -2.02. The zero-order valence-corrected chi connectivity index (χ0v) is 10.6. The van der Waals surface area contributed by atoms with Crippen molar-refractivity contribution < 1.29 is 4.39 Å². The lowest BCUT2D eigenvalue weighted by molar-refractivity contribution is 0.627. The minimum Gasteiger partial charge on any atom is -0.311 e. The van der Waals surface area contributed by atoms with Crippen molar-refractivity contribution >= 4 is 11.3 Å². The van der Waals surface area contributed by atoms with E-state index in [1.165, 1.54) is 12.1 Å². The highest BCUT2D eigenvalue weighted by atomic mass is 32.1. The Morgan fingerprint density at radius 1 is 1.29 bits per heavy atom. The van der Waals surface area contributed by atoms with E-state index in [9.17, 15) is 4.39 Å². The second kappa shape index (κ2) is 5.33. The summed E-state index contributed by atoms with van der Waals surface area (Å²) in [4.78, 5) is 0. The summed E-state index contributed by atoms with van der Waals surface area (Å²) in [6, 6.07) is 6.70. The molecule has 17 heavy (non-hydrogen) atoms. The Morgan fingerprint density at radius 3 is 2.65 bits per heavy atom. The van der Waals surface area contributed by atoms with Gasteiger partial charge in [0, 0.05) is 6.42 Å². The molecule has 1 aromatic heterocycles. The summed E-state index contributed by atoms with van der Waals surface area (Å²) in [5.74, 6) is -0.212. The van der Waals surface area contributed by atoms with Crippen LogP contribution in [0.4, 0.5) is 4.39 Å². The second-order valence-electron chi connectivity index (χ2n) is 3.85. The number of nitrogens with zero attached hydrogens (tertiary/aromatic N) is 2. The summed E-state index contributed by atoms with van der Waals surface area (Å²) >= 11 is 1.59. The van der Waals surface area contributed by atoms with Crippen molar-refractivity contribution in [3.8, 4) is 0 Å². The normalized spacial score (nSPS) is 12.6. The molecule has 1 aromatic carbocycles. The van der Waals surface area contributed by atoms with Gasteiger partial charge in [-0.2, -0.15) is 0 Å². The van der Waals surface area contributed by atoms with Crippen molar-refractivity contribution in [2.24, 2.45) is 0 Å². The highest BCUT2D eigenvalue weighted by Gasteiger charge is 2.10. The molecule has 1 unspecified atom stereocenters. The Balaban J connectivity index is 2.08. The van der Waals surface area contributed by atoms with Crippen LogP contribution in [0.3, 0.4) is 0 Å². The summed E-state index contributed by atoms with van der Waals surface area (Å²) in [5, 5.41) is 13.3. The van der Waals surface area contributed by atoms with Gasteiger partial charge < -0.3 is 5.32 Å². The molecule has 0 saturated carbocycles. The summed E-state index contributed by atoms with van der Waals surface area (Å²) in [5.41, 5.74) is 1.05. The fourth-order valence-electron chi connectivity index (χ4n) is 1.41. The number of halogens is 1. The maximum absolute atomic E-state index is 12.7. The standard InChI is InChI=1S/C12H14FN3S/c1-8(14-2)12-16-15-11(17-12)7-9-3-5-10(13)6-4-9/h3-6,8,14H,7H2,1-2H3. The molecule has 0 aliphatic carbocycles. The van der Waals surface area contributed by atoms with E-state index in [4.69, 9.17) is 0 Å². The predicted octanol–water partition coefficient (Wildman–Crippen LogP) is 2.55. The molecule has 0 saturated heterocycles. The molecule has 0 aliphatic heterocycles. The van der Waals surface area contributed by atoms with Crippen molar-refractivity contribution in [1.29, 1.82) is 0 Å². The van der Waals surface area contributed by atoms with E-state index in [1.807, 2.05) is 14.0 Å². The van der Waals surface area contributed by atoms with Gasteiger partial charge in [0.1, 0.15) is 15.8 Å². The van der Waals surface area contributed by atoms with Crippen LogP contribution in [0, 0.1) is 5.82 Å². The number of hydrogen-bond acceptors (Lipinski definition) is 4. The van der Waals surface area contributed by atoms with Crippen molar-refractivity contribution in [3.63, 3.8) is 0 Å². The van der Waals surface area contributed by atoms with E-state index >= 15 is 0 Å². The molecule has 1 atom stereocenters. The first-order chi connectivity index (χ1) is 8.19. The molecule has 1 heterocycles. The van der Waals surface area contributed by atoms with E-state index in [-0.39, 0.29) is 11.9 Å². The minimum absolute atomic E-state index is 0.212. The quantitative estimate of drug-likeness (QED) is 0.907. The lowest BCUT2D eigenvalue weighted by atomic mass is 10.2. The fourth-order valence-corrected chi connectivity index (χ4v) is 2.35. The van der Waals surface area contributed by atoms with Gasteiger partial charge in [-0.1, -0.05) is 23.5 Å². The molecule has 0 aliphatic rings. The van der Waals surface area contributed by atoms with Crippen molar-refractivity contribution in [2.45, 2.75) is 19.4 Å². The maximum Gasteiger partial charge on any atom is 0.134 e. The second-order valence-corrected chi connectivity index (χ2v) is 4.94. The third-order valence-corrected chi connectivity index (χ3v) is 3.66. The van der Waals surface area contributed by atoms with E-state index in [0.717, 1.165) is 15.6 Å². The summed E-state index contributed by atoms with van der Waals surface area (Å²) in [6.45, 7) is 2.04. The number of benzene rings is 1. The van der Waals surface area contributed by atoms with Crippen LogP contribution in [-0.4, -0.2) is 17.2 Å². The van der Waals surface area contributed by atoms with Gasteiger partial charge in [-0.05, 0) is 31.7 Å². The molecule has 0 fully saturated rings. The van der Waals surface area contributed by atoms with E-state index < -0.39 is 0 Å². The van der Waals surface area contributed by atoms with Gasteiger partial charge >= 0.3 is 0 Å². The van der Waals surface area contributed by atoms with Crippen LogP contribution in [0.2, 0.25) is 0 Å². The molecule has 2 aromatic rings. The van der Waals surface area contributed by atoms with Crippen LogP contribution in [0.5, 0.6) is 0 Å².